The Morgan fingerprint density at radius 1 is 1.13 bits per heavy atom. The minimum absolute atomic E-state index is 0.136. The van der Waals surface area contributed by atoms with Gasteiger partial charge in [-0.2, -0.15) is 0 Å². The number of β-amino-alcohol motifs (C(OH)–C–C–N with tert-alkyl or cyclic N) is 1. The van der Waals surface area contributed by atoms with E-state index in [9.17, 15) is 5.11 Å². The van der Waals surface area contributed by atoms with Crippen molar-refractivity contribution in [3.05, 3.63) is 77.2 Å². The highest BCUT2D eigenvalue weighted by Gasteiger charge is 2.32. The van der Waals surface area contributed by atoms with Gasteiger partial charge in [-0.3, -0.25) is 4.90 Å². The molecule has 0 aliphatic carbocycles. The first kappa shape index (κ1) is 20.4. The monoisotopic (exact) mass is 408 g/mol. The van der Waals surface area contributed by atoms with Gasteiger partial charge in [-0.05, 0) is 18.6 Å². The highest BCUT2D eigenvalue weighted by Crippen LogP contribution is 2.29. The minimum Gasteiger partial charge on any atom is -0.496 e. The van der Waals surface area contributed by atoms with Crippen molar-refractivity contribution in [2.75, 3.05) is 20.2 Å². The molecule has 0 radical (unpaired) electrons. The molecule has 30 heavy (non-hydrogen) atoms. The number of hydrogen-bond acceptors (Lipinski definition) is 6. The lowest BCUT2D eigenvalue weighted by Gasteiger charge is -2.18. The minimum atomic E-state index is -0.380. The molecule has 1 fully saturated rings. The van der Waals surface area contributed by atoms with Gasteiger partial charge in [0.25, 0.3) is 0 Å². The second-order valence-corrected chi connectivity index (χ2v) is 7.91. The molecule has 0 saturated carbocycles. The Labute approximate surface area is 177 Å². The summed E-state index contributed by atoms with van der Waals surface area (Å²) in [6.45, 7) is 4.57. The van der Waals surface area contributed by atoms with E-state index in [1.807, 2.05) is 61.5 Å². The maximum atomic E-state index is 10.5. The molecule has 0 amide bonds. The van der Waals surface area contributed by atoms with Gasteiger partial charge < -0.3 is 19.1 Å². The molecule has 0 unspecified atom stereocenters. The summed E-state index contributed by atoms with van der Waals surface area (Å²) in [5.41, 5.74) is 3.07. The summed E-state index contributed by atoms with van der Waals surface area (Å²) in [5, 5.41) is 14.4. The Hall–Kier alpha value is -2.83. The van der Waals surface area contributed by atoms with E-state index < -0.39 is 0 Å². The molecule has 2 heterocycles. The van der Waals surface area contributed by atoms with E-state index in [0.29, 0.717) is 26.1 Å². The summed E-state index contributed by atoms with van der Waals surface area (Å²) >= 11 is 0. The molecule has 1 aliphatic rings. The van der Waals surface area contributed by atoms with Crippen LogP contribution >= 0.6 is 0 Å². The number of methoxy groups -OCH3 is 1. The van der Waals surface area contributed by atoms with Gasteiger partial charge in [-0.25, -0.2) is 0 Å². The number of nitrogens with zero attached hydrogens (tertiary/aromatic N) is 2. The number of aliphatic hydroxyl groups excluding tert-OH is 1. The van der Waals surface area contributed by atoms with Gasteiger partial charge in [0, 0.05) is 49.7 Å². The summed E-state index contributed by atoms with van der Waals surface area (Å²) in [4.78, 5) is 2.25. The number of rotatable bonds is 8. The molecule has 158 valence electrons. The average molecular weight is 408 g/mol. The number of aromatic nitrogens is 1. The second kappa shape index (κ2) is 9.32. The van der Waals surface area contributed by atoms with E-state index >= 15 is 0 Å². The summed E-state index contributed by atoms with van der Waals surface area (Å²) in [6.07, 6.45) is 0.317. The van der Waals surface area contributed by atoms with Crippen molar-refractivity contribution in [2.24, 2.45) is 5.92 Å². The molecule has 1 saturated heterocycles. The van der Waals surface area contributed by atoms with Crippen molar-refractivity contribution in [2.45, 2.75) is 32.6 Å². The van der Waals surface area contributed by atoms with E-state index in [0.717, 1.165) is 40.6 Å². The molecule has 1 aromatic heterocycles. The number of hydrogen-bond donors (Lipinski definition) is 1. The van der Waals surface area contributed by atoms with Crippen LogP contribution in [-0.4, -0.2) is 41.5 Å². The molecule has 2 atom stereocenters. The van der Waals surface area contributed by atoms with Crippen LogP contribution in [0, 0.1) is 12.8 Å². The Morgan fingerprint density at radius 2 is 1.97 bits per heavy atom. The fourth-order valence-electron chi connectivity index (χ4n) is 3.97. The predicted octanol–water partition coefficient (Wildman–Crippen LogP) is 3.61. The quantitative estimate of drug-likeness (QED) is 0.614. The average Bonchev–Trinajstić information content (AvgIpc) is 3.32. The summed E-state index contributed by atoms with van der Waals surface area (Å²) in [5.74, 6) is 2.54. The molecule has 4 rings (SSSR count). The third-order valence-electron chi connectivity index (χ3n) is 5.52. The second-order valence-electron chi connectivity index (χ2n) is 7.91. The van der Waals surface area contributed by atoms with Crippen molar-refractivity contribution in [3.63, 3.8) is 0 Å². The van der Waals surface area contributed by atoms with Crippen LogP contribution in [0.3, 0.4) is 0 Å². The molecule has 2 aromatic carbocycles. The summed E-state index contributed by atoms with van der Waals surface area (Å²) in [6, 6.07) is 18.0. The topological polar surface area (TPSA) is 68.0 Å². The number of benzene rings is 2. The van der Waals surface area contributed by atoms with Gasteiger partial charge in [0.15, 0.2) is 0 Å². The van der Waals surface area contributed by atoms with E-state index in [4.69, 9.17) is 14.0 Å². The third kappa shape index (κ3) is 5.01. The van der Waals surface area contributed by atoms with Crippen LogP contribution in [0.4, 0.5) is 0 Å². The number of aryl methyl sites for hydroxylation is 1. The molecule has 6 nitrogen and oxygen atoms in total. The Kier molecular flexibility index (Phi) is 6.35. The van der Waals surface area contributed by atoms with Crippen LogP contribution in [0.15, 0.2) is 59.1 Å². The molecule has 6 heteroatoms. The first-order valence-electron chi connectivity index (χ1n) is 10.3. The number of aliphatic hydroxyl groups is 1. The van der Waals surface area contributed by atoms with Crippen LogP contribution in [-0.2, 0) is 19.6 Å². The van der Waals surface area contributed by atoms with Crippen molar-refractivity contribution >= 4 is 0 Å². The molecule has 0 spiro atoms. The lowest BCUT2D eigenvalue weighted by atomic mass is 10.0. The zero-order valence-electron chi connectivity index (χ0n) is 17.5. The first-order chi connectivity index (χ1) is 14.6. The summed E-state index contributed by atoms with van der Waals surface area (Å²) < 4.78 is 16.8. The largest absolute Gasteiger partial charge is 0.496 e. The van der Waals surface area contributed by atoms with Gasteiger partial charge in [0.2, 0.25) is 0 Å². The maximum Gasteiger partial charge on any atom is 0.137 e. The van der Waals surface area contributed by atoms with E-state index in [2.05, 4.69) is 10.1 Å². The highest BCUT2D eigenvalue weighted by molar-refractivity contribution is 5.41. The standard InChI is InChI=1S/C24H28N2O4/c1-17-10-22(30-25-17)11-20-14-26(15-23(20)27)13-19-8-9-21(12-24(19)28-2)29-16-18-6-4-3-5-7-18/h3-10,12,20,23,27H,11,13-16H2,1-2H3/t20-,23+/m1/s1. The molecule has 1 aliphatic heterocycles. The number of ether oxygens (including phenoxy) is 2. The Balaban J connectivity index is 1.36. The van der Waals surface area contributed by atoms with E-state index in [1.54, 1.807) is 7.11 Å². The van der Waals surface area contributed by atoms with Crippen LogP contribution in [0.5, 0.6) is 11.5 Å². The third-order valence-corrected chi connectivity index (χ3v) is 5.52. The molecule has 0 bridgehead atoms. The van der Waals surface area contributed by atoms with Crippen LogP contribution in [0.2, 0.25) is 0 Å². The van der Waals surface area contributed by atoms with Crippen molar-refractivity contribution in [1.82, 2.24) is 10.1 Å². The SMILES string of the molecule is COc1cc(OCc2ccccc2)ccc1CN1C[C@@H](Cc2cc(C)no2)[C@@H](O)C1. The van der Waals surface area contributed by atoms with Crippen LogP contribution < -0.4 is 9.47 Å². The predicted molar refractivity (Wildman–Crippen MR) is 113 cm³/mol. The van der Waals surface area contributed by atoms with Crippen LogP contribution in [0.25, 0.3) is 0 Å². The van der Waals surface area contributed by atoms with Gasteiger partial charge >= 0.3 is 0 Å². The van der Waals surface area contributed by atoms with Crippen molar-refractivity contribution < 1.29 is 19.1 Å². The highest BCUT2D eigenvalue weighted by atomic mass is 16.5. The zero-order valence-corrected chi connectivity index (χ0v) is 17.5. The lowest BCUT2D eigenvalue weighted by Crippen LogP contribution is -2.21. The van der Waals surface area contributed by atoms with Gasteiger partial charge in [0.05, 0.1) is 18.9 Å². The Bertz CT molecular complexity index is 957. The van der Waals surface area contributed by atoms with Gasteiger partial charge in [-0.1, -0.05) is 41.6 Å². The maximum absolute atomic E-state index is 10.5. The van der Waals surface area contributed by atoms with E-state index in [-0.39, 0.29) is 12.0 Å². The zero-order chi connectivity index (χ0) is 20.9. The smallest absolute Gasteiger partial charge is 0.137 e. The van der Waals surface area contributed by atoms with Gasteiger partial charge in [0.1, 0.15) is 23.9 Å². The molecular formula is C24H28N2O4. The van der Waals surface area contributed by atoms with E-state index in [1.165, 1.54) is 0 Å². The Morgan fingerprint density at radius 3 is 2.70 bits per heavy atom. The summed E-state index contributed by atoms with van der Waals surface area (Å²) in [7, 11) is 1.67. The number of likely N-dealkylation sites (tertiary alicyclic amines) is 1. The fourth-order valence-corrected chi connectivity index (χ4v) is 3.97. The van der Waals surface area contributed by atoms with Crippen LogP contribution in [0.1, 0.15) is 22.6 Å². The van der Waals surface area contributed by atoms with Gasteiger partial charge in [-0.15, -0.1) is 0 Å². The molecule has 3 aromatic rings. The first-order valence-corrected chi connectivity index (χ1v) is 10.3. The molecule has 1 N–H and O–H groups in total. The molecular weight excluding hydrogens is 380 g/mol. The lowest BCUT2D eigenvalue weighted by molar-refractivity contribution is 0.137. The van der Waals surface area contributed by atoms with Crippen molar-refractivity contribution in [1.29, 1.82) is 0 Å². The fraction of sp³-hybridized carbons (Fsp3) is 0.375. The van der Waals surface area contributed by atoms with Crippen molar-refractivity contribution in [3.8, 4) is 11.5 Å². The normalized spacial score (nSPS) is 19.2.